The Balaban J connectivity index is 0.000000185. The van der Waals surface area contributed by atoms with Gasteiger partial charge < -0.3 is 10.4 Å². The van der Waals surface area contributed by atoms with Crippen LogP contribution in [0.3, 0.4) is 0 Å². The van der Waals surface area contributed by atoms with Crippen LogP contribution in [0.4, 0.5) is 13.2 Å². The van der Waals surface area contributed by atoms with Crippen LogP contribution in [0.1, 0.15) is 19.3 Å². The third-order valence-corrected chi connectivity index (χ3v) is 3.19. The minimum absolute atomic E-state index is 0.398. The van der Waals surface area contributed by atoms with E-state index in [1.54, 1.807) is 0 Å². The van der Waals surface area contributed by atoms with Crippen molar-refractivity contribution in [2.45, 2.75) is 25.4 Å². The summed E-state index contributed by atoms with van der Waals surface area (Å²) in [7, 11) is 0. The molecule has 4 nitrogen and oxygen atoms in total. The van der Waals surface area contributed by atoms with Gasteiger partial charge in [-0.25, -0.2) is 4.79 Å². The molecule has 1 saturated carbocycles. The third-order valence-electron chi connectivity index (χ3n) is 3.19. The van der Waals surface area contributed by atoms with E-state index in [-0.39, 0.29) is 0 Å². The number of halogens is 3. The zero-order chi connectivity index (χ0) is 13.1. The summed E-state index contributed by atoms with van der Waals surface area (Å²) < 4.78 is 31.7. The molecule has 0 aromatic rings. The van der Waals surface area contributed by atoms with Crippen LogP contribution < -0.4 is 5.32 Å². The van der Waals surface area contributed by atoms with E-state index in [9.17, 15) is 13.2 Å². The van der Waals surface area contributed by atoms with Gasteiger partial charge in [0.1, 0.15) is 0 Å². The van der Waals surface area contributed by atoms with Crippen molar-refractivity contribution < 1.29 is 23.1 Å². The molecule has 1 saturated heterocycles. The van der Waals surface area contributed by atoms with Crippen molar-refractivity contribution in [3.05, 3.63) is 0 Å². The first-order valence-corrected chi connectivity index (χ1v) is 5.22. The number of carboxylic acids is 1. The summed E-state index contributed by atoms with van der Waals surface area (Å²) in [4.78, 5) is 8.90. The molecule has 0 radical (unpaired) electrons. The summed E-state index contributed by atoms with van der Waals surface area (Å²) in [5.41, 5.74) is 0.472. The molecule has 2 N–H and O–H groups in total. The fourth-order valence-electron chi connectivity index (χ4n) is 2.01. The number of alkyl halides is 3. The first-order chi connectivity index (χ1) is 7.82. The molecule has 1 aliphatic heterocycles. The minimum Gasteiger partial charge on any atom is -0.475 e. The number of piperidine rings is 1. The van der Waals surface area contributed by atoms with Crippen LogP contribution >= 0.6 is 0 Å². The summed E-state index contributed by atoms with van der Waals surface area (Å²) >= 11 is 0. The van der Waals surface area contributed by atoms with Crippen molar-refractivity contribution in [2.75, 3.05) is 13.1 Å². The van der Waals surface area contributed by atoms with Gasteiger partial charge in [0.15, 0.2) is 0 Å². The van der Waals surface area contributed by atoms with E-state index in [0.29, 0.717) is 11.3 Å². The lowest BCUT2D eigenvalue weighted by molar-refractivity contribution is -0.192. The molecule has 1 heterocycles. The lowest BCUT2D eigenvalue weighted by Crippen LogP contribution is -2.29. The van der Waals surface area contributed by atoms with Gasteiger partial charge in [0, 0.05) is 0 Å². The highest BCUT2D eigenvalue weighted by molar-refractivity contribution is 5.73. The molecular weight excluding hydrogens is 237 g/mol. The molecule has 1 atom stereocenters. The van der Waals surface area contributed by atoms with Crippen LogP contribution in [0, 0.1) is 22.7 Å². The molecule has 2 aliphatic rings. The van der Waals surface area contributed by atoms with Gasteiger partial charge in [-0.15, -0.1) is 0 Å². The lowest BCUT2D eigenvalue weighted by Gasteiger charge is -2.21. The Labute approximate surface area is 96.4 Å². The fourth-order valence-corrected chi connectivity index (χ4v) is 2.01. The van der Waals surface area contributed by atoms with Crippen LogP contribution in [-0.4, -0.2) is 30.3 Å². The largest absolute Gasteiger partial charge is 0.490 e. The maximum Gasteiger partial charge on any atom is 0.490 e. The second-order valence-electron chi connectivity index (χ2n) is 4.30. The van der Waals surface area contributed by atoms with Crippen LogP contribution in [0.5, 0.6) is 0 Å². The Hall–Kier alpha value is -1.29. The van der Waals surface area contributed by atoms with E-state index in [1.807, 2.05) is 0 Å². The molecule has 17 heavy (non-hydrogen) atoms. The number of carbonyl (C=O) groups is 1. The van der Waals surface area contributed by atoms with Crippen molar-refractivity contribution in [1.29, 1.82) is 5.26 Å². The minimum atomic E-state index is -5.08. The molecular formula is C10H13F3N2O2. The standard InChI is InChI=1S/C8H12N2.C2HF3O2/c9-6-7-5-8(7)1-3-10-4-2-8;3-2(4,5)1(6)7/h7,10H,1-5H2;(H,6,7). The van der Waals surface area contributed by atoms with E-state index in [2.05, 4.69) is 11.4 Å². The van der Waals surface area contributed by atoms with Crippen molar-refractivity contribution in [2.24, 2.45) is 11.3 Å². The average Bonchev–Trinajstić information content (AvgIpc) is 2.92. The fraction of sp³-hybridized carbons (Fsp3) is 0.800. The highest BCUT2D eigenvalue weighted by atomic mass is 19.4. The monoisotopic (exact) mass is 250 g/mol. The predicted octanol–water partition coefficient (Wildman–Crippen LogP) is 1.53. The maximum atomic E-state index is 10.6. The second-order valence-corrected chi connectivity index (χ2v) is 4.30. The molecule has 0 bridgehead atoms. The molecule has 2 fully saturated rings. The van der Waals surface area contributed by atoms with Crippen LogP contribution in [0.15, 0.2) is 0 Å². The van der Waals surface area contributed by atoms with E-state index in [0.717, 1.165) is 13.1 Å². The van der Waals surface area contributed by atoms with Gasteiger partial charge in [-0.3, -0.25) is 0 Å². The summed E-state index contributed by atoms with van der Waals surface area (Å²) in [6, 6.07) is 2.37. The molecule has 1 unspecified atom stereocenters. The number of aliphatic carboxylic acids is 1. The topological polar surface area (TPSA) is 73.1 Å². The summed E-state index contributed by atoms with van der Waals surface area (Å²) in [5.74, 6) is -2.36. The van der Waals surface area contributed by atoms with Gasteiger partial charge in [0.05, 0.1) is 12.0 Å². The molecule has 0 amide bonds. The molecule has 2 rings (SSSR count). The van der Waals surface area contributed by atoms with Gasteiger partial charge in [0.2, 0.25) is 0 Å². The number of hydrogen-bond acceptors (Lipinski definition) is 3. The van der Waals surface area contributed by atoms with Crippen molar-refractivity contribution >= 4 is 5.97 Å². The van der Waals surface area contributed by atoms with E-state index < -0.39 is 12.1 Å². The number of nitriles is 1. The summed E-state index contributed by atoms with van der Waals surface area (Å²) in [5, 5.41) is 19.1. The summed E-state index contributed by atoms with van der Waals surface area (Å²) in [6.45, 7) is 2.25. The maximum absolute atomic E-state index is 10.6. The second kappa shape index (κ2) is 4.92. The first kappa shape index (κ1) is 13.8. The Morgan fingerprint density at radius 3 is 2.18 bits per heavy atom. The Morgan fingerprint density at radius 1 is 1.41 bits per heavy atom. The molecule has 7 heteroatoms. The Morgan fingerprint density at radius 2 is 1.88 bits per heavy atom. The van der Waals surface area contributed by atoms with Crippen LogP contribution in [0.2, 0.25) is 0 Å². The van der Waals surface area contributed by atoms with Gasteiger partial charge in [-0.05, 0) is 37.8 Å². The predicted molar refractivity (Wildman–Crippen MR) is 51.9 cm³/mol. The quantitative estimate of drug-likeness (QED) is 0.683. The first-order valence-electron chi connectivity index (χ1n) is 5.22. The van der Waals surface area contributed by atoms with Gasteiger partial charge in [-0.2, -0.15) is 18.4 Å². The number of carboxylic acid groups (broad SMARTS) is 1. The van der Waals surface area contributed by atoms with E-state index in [4.69, 9.17) is 15.2 Å². The van der Waals surface area contributed by atoms with Gasteiger partial charge in [0.25, 0.3) is 0 Å². The zero-order valence-corrected chi connectivity index (χ0v) is 9.05. The molecule has 96 valence electrons. The highest BCUT2D eigenvalue weighted by Gasteiger charge is 2.54. The van der Waals surface area contributed by atoms with E-state index in [1.165, 1.54) is 19.3 Å². The molecule has 0 aromatic heterocycles. The van der Waals surface area contributed by atoms with Crippen LogP contribution in [0.25, 0.3) is 0 Å². The normalized spacial score (nSPS) is 25.4. The molecule has 1 aliphatic carbocycles. The number of rotatable bonds is 0. The number of nitrogens with zero attached hydrogens (tertiary/aromatic N) is 1. The number of nitrogens with one attached hydrogen (secondary N) is 1. The van der Waals surface area contributed by atoms with Crippen molar-refractivity contribution in [3.8, 4) is 6.07 Å². The average molecular weight is 250 g/mol. The van der Waals surface area contributed by atoms with Crippen LogP contribution in [-0.2, 0) is 4.79 Å². The molecule has 1 spiro atoms. The van der Waals surface area contributed by atoms with Gasteiger partial charge in [-0.1, -0.05) is 0 Å². The smallest absolute Gasteiger partial charge is 0.475 e. The van der Waals surface area contributed by atoms with Gasteiger partial charge >= 0.3 is 12.1 Å². The van der Waals surface area contributed by atoms with Crippen molar-refractivity contribution in [1.82, 2.24) is 5.32 Å². The van der Waals surface area contributed by atoms with E-state index >= 15 is 0 Å². The number of hydrogen-bond donors (Lipinski definition) is 2. The zero-order valence-electron chi connectivity index (χ0n) is 9.05. The lowest BCUT2D eigenvalue weighted by atomic mass is 9.92. The highest BCUT2D eigenvalue weighted by Crippen LogP contribution is 2.57. The van der Waals surface area contributed by atoms with Crippen molar-refractivity contribution in [3.63, 3.8) is 0 Å². The Kier molecular flexibility index (Phi) is 3.98. The third kappa shape index (κ3) is 3.60. The Bertz CT molecular complexity index is 329. The summed E-state index contributed by atoms with van der Waals surface area (Å²) in [6.07, 6.45) is -1.46. The molecule has 0 aromatic carbocycles. The SMILES string of the molecule is N#CC1CC12CCNCC2.O=C(O)C(F)(F)F.